The predicted molar refractivity (Wildman–Crippen MR) is 204 cm³/mol. The molecule has 0 amide bonds. The Morgan fingerprint density at radius 2 is 1.53 bits per heavy atom. The zero-order chi connectivity index (χ0) is 40.9. The van der Waals surface area contributed by atoms with E-state index < -0.39 is 100 Å². The van der Waals surface area contributed by atoms with Crippen molar-refractivity contribution in [2.24, 2.45) is 34.5 Å². The number of aliphatic hydroxyl groups excluding tert-OH is 2. The van der Waals surface area contributed by atoms with Crippen LogP contribution in [0.1, 0.15) is 87.9 Å². The molecule has 57 heavy (non-hydrogen) atoms. The number of benzene rings is 1. The van der Waals surface area contributed by atoms with E-state index in [1.165, 1.54) is 7.11 Å². The molecule has 1 saturated heterocycles. The van der Waals surface area contributed by atoms with Crippen LogP contribution in [0.5, 0.6) is 0 Å². The van der Waals surface area contributed by atoms with Crippen molar-refractivity contribution in [3.05, 3.63) is 35.9 Å². The molecule has 318 valence electrons. The number of esters is 2. The van der Waals surface area contributed by atoms with Crippen LogP contribution in [0, 0.1) is 34.5 Å². The van der Waals surface area contributed by atoms with Crippen molar-refractivity contribution in [3.8, 4) is 0 Å². The van der Waals surface area contributed by atoms with Crippen molar-refractivity contribution in [2.75, 3.05) is 48.1 Å². The number of aliphatic carboxylic acids is 1. The molecular weight excluding hydrogens is 738 g/mol. The zero-order valence-corrected chi connectivity index (χ0v) is 34.0. The van der Waals surface area contributed by atoms with Crippen molar-refractivity contribution in [2.45, 2.75) is 131 Å². The number of carboxylic acid groups (broad SMARTS) is 1. The molecule has 15 atom stereocenters. The summed E-state index contributed by atoms with van der Waals surface area (Å²) in [5, 5.41) is 47.1. The quantitative estimate of drug-likeness (QED) is 0.118. The Hall–Kier alpha value is -2.69. The molecule has 14 heteroatoms. The molecule has 5 aliphatic carbocycles. The van der Waals surface area contributed by atoms with E-state index in [1.807, 2.05) is 0 Å². The summed E-state index contributed by atoms with van der Waals surface area (Å²) in [5.74, 6) is -4.51. The van der Waals surface area contributed by atoms with Crippen LogP contribution in [0.2, 0.25) is 0 Å². The standard InChI is InChI=1S/C43H63NO13/c1-6-44-23-40(24-52-2)27(45)21-28(53-3)42-26-22-41(51)37(56-39(50)25-17-13-12-14-18-25)31(26)43(36(49)38(41)55-5,32(35(42)44)33(54-4)34(40)42)57-30(48)20-16-11-9-7-8-10-15-19-29(46)47/h12-14,17-18,26-28,31-38,45,49,51H,6-11,15-16,19-24H2,1-5H3,(H,46,47)/t26-,27-,28+,31-,32-,33+,34-,35-,36+,37-,38+,40+,41-,42+,43-/m1/s1. The third kappa shape index (κ3) is 6.21. The molecule has 1 heterocycles. The lowest BCUT2D eigenvalue weighted by Crippen LogP contribution is -2.81. The minimum absolute atomic E-state index is 0.0540. The molecule has 6 aliphatic rings. The average Bonchev–Trinajstić information content (AvgIpc) is 3.57. The number of unbranched alkanes of at least 4 members (excludes halogenated alkanes) is 6. The van der Waals surface area contributed by atoms with Gasteiger partial charge in [-0.3, -0.25) is 14.5 Å². The zero-order valence-electron chi connectivity index (χ0n) is 34.0. The highest BCUT2D eigenvalue weighted by atomic mass is 16.6. The number of nitrogens with zero attached hydrogens (tertiary/aromatic N) is 1. The maximum absolute atomic E-state index is 14.4. The molecule has 7 bridgehead atoms. The fourth-order valence-electron chi connectivity index (χ4n) is 13.7. The van der Waals surface area contributed by atoms with Gasteiger partial charge in [-0.2, -0.15) is 0 Å². The van der Waals surface area contributed by atoms with Crippen LogP contribution < -0.4 is 0 Å². The van der Waals surface area contributed by atoms with E-state index in [1.54, 1.807) is 51.7 Å². The third-order valence-electron chi connectivity index (χ3n) is 15.4. The fourth-order valence-corrected chi connectivity index (χ4v) is 13.7. The van der Waals surface area contributed by atoms with Gasteiger partial charge in [0.15, 0.2) is 5.60 Å². The molecule has 14 nitrogen and oxygen atoms in total. The number of aliphatic hydroxyl groups is 3. The number of carboxylic acids is 1. The van der Waals surface area contributed by atoms with Gasteiger partial charge >= 0.3 is 17.9 Å². The van der Waals surface area contributed by atoms with Crippen molar-refractivity contribution >= 4 is 17.9 Å². The molecule has 0 aromatic heterocycles. The van der Waals surface area contributed by atoms with Crippen LogP contribution in [-0.2, 0) is 38.0 Å². The highest BCUT2D eigenvalue weighted by Gasteiger charge is 2.92. The van der Waals surface area contributed by atoms with Gasteiger partial charge in [-0.25, -0.2) is 4.79 Å². The Morgan fingerprint density at radius 1 is 0.860 bits per heavy atom. The van der Waals surface area contributed by atoms with E-state index in [9.17, 15) is 29.7 Å². The molecule has 1 aromatic rings. The lowest BCUT2D eigenvalue weighted by molar-refractivity contribution is -0.323. The second-order valence-electron chi connectivity index (χ2n) is 17.7. The summed E-state index contributed by atoms with van der Waals surface area (Å²) in [6.45, 7) is 3.31. The Balaban J connectivity index is 1.32. The number of carbonyl (C=O) groups excluding carboxylic acids is 2. The summed E-state index contributed by atoms with van der Waals surface area (Å²) in [7, 11) is 6.29. The van der Waals surface area contributed by atoms with Crippen molar-refractivity contribution in [1.29, 1.82) is 0 Å². The van der Waals surface area contributed by atoms with Gasteiger partial charge in [0.25, 0.3) is 0 Å². The average molecular weight is 802 g/mol. The first-order valence-corrected chi connectivity index (χ1v) is 21.0. The third-order valence-corrected chi connectivity index (χ3v) is 15.4. The Morgan fingerprint density at radius 3 is 2.12 bits per heavy atom. The molecule has 0 radical (unpaired) electrons. The molecular formula is C43H63NO13. The van der Waals surface area contributed by atoms with Crippen LogP contribution in [0.25, 0.3) is 0 Å². The van der Waals surface area contributed by atoms with E-state index in [4.69, 9.17) is 33.5 Å². The van der Waals surface area contributed by atoms with E-state index in [0.717, 1.165) is 32.1 Å². The number of piperidine rings is 1. The van der Waals surface area contributed by atoms with Crippen LogP contribution in [0.15, 0.2) is 30.3 Å². The smallest absolute Gasteiger partial charge is 0.338 e. The summed E-state index contributed by atoms with van der Waals surface area (Å²) < 4.78 is 38.4. The van der Waals surface area contributed by atoms with Crippen molar-refractivity contribution in [1.82, 2.24) is 4.90 Å². The second-order valence-corrected chi connectivity index (χ2v) is 17.7. The maximum atomic E-state index is 14.4. The monoisotopic (exact) mass is 801 g/mol. The second kappa shape index (κ2) is 16.4. The number of fused-ring (bicyclic) bond motifs is 2. The van der Waals surface area contributed by atoms with Crippen LogP contribution in [-0.4, -0.2) is 145 Å². The summed E-state index contributed by atoms with van der Waals surface area (Å²) in [6.07, 6.45) is -0.0118. The number of hydrogen-bond acceptors (Lipinski definition) is 13. The molecule has 1 aromatic carbocycles. The summed E-state index contributed by atoms with van der Waals surface area (Å²) in [5.41, 5.74) is -4.99. The molecule has 6 fully saturated rings. The predicted octanol–water partition coefficient (Wildman–Crippen LogP) is 3.22. The minimum atomic E-state index is -1.88. The van der Waals surface area contributed by atoms with Gasteiger partial charge in [-0.1, -0.05) is 57.2 Å². The minimum Gasteiger partial charge on any atom is -0.481 e. The molecule has 1 aliphatic heterocycles. The van der Waals surface area contributed by atoms with Crippen molar-refractivity contribution < 1.29 is 63.2 Å². The molecule has 1 spiro atoms. The molecule has 5 saturated carbocycles. The Bertz CT molecular complexity index is 1610. The van der Waals surface area contributed by atoms with E-state index in [-0.39, 0.29) is 31.9 Å². The van der Waals surface area contributed by atoms with Gasteiger partial charge in [0, 0.05) is 88.9 Å². The van der Waals surface area contributed by atoms with E-state index >= 15 is 0 Å². The van der Waals surface area contributed by atoms with Gasteiger partial charge in [-0.05, 0) is 43.9 Å². The summed E-state index contributed by atoms with van der Waals surface area (Å²) >= 11 is 0. The lowest BCUT2D eigenvalue weighted by atomic mass is 9.42. The maximum Gasteiger partial charge on any atom is 0.338 e. The molecule has 4 N–H and O–H groups in total. The summed E-state index contributed by atoms with van der Waals surface area (Å²) in [6, 6.07) is 8.16. The number of methoxy groups -OCH3 is 4. The van der Waals surface area contributed by atoms with Gasteiger partial charge in [0.2, 0.25) is 0 Å². The number of carbonyl (C=O) groups is 3. The highest BCUT2D eigenvalue weighted by Crippen LogP contribution is 2.80. The highest BCUT2D eigenvalue weighted by molar-refractivity contribution is 5.89. The SMILES string of the molecule is CCN1C[C@]2(COC)[C@H](O)C[C@H](OC)[C@@]34[C@@H]5C[C@@]6(O)[C@H](OC(=O)c7ccccc7)[C@@H]5[C@@](OC(=O)CCCCCCCCCC(=O)O)([C@H]([C@H](OC)[C@H]23)[C@@H]14)[C@@H](O)[C@@H]6OC. The first-order chi connectivity index (χ1) is 27.4. The number of rotatable bonds is 19. The van der Waals surface area contributed by atoms with Gasteiger partial charge in [-0.15, -0.1) is 0 Å². The van der Waals surface area contributed by atoms with E-state index in [0.29, 0.717) is 37.9 Å². The Kier molecular flexibility index (Phi) is 12.2. The van der Waals surface area contributed by atoms with Crippen LogP contribution in [0.4, 0.5) is 0 Å². The topological polar surface area (TPSA) is 191 Å². The molecule has 7 rings (SSSR count). The molecule has 0 unspecified atom stereocenters. The number of likely N-dealkylation sites (tertiary alicyclic amines) is 1. The van der Waals surface area contributed by atoms with Gasteiger partial charge in [0.05, 0.1) is 30.5 Å². The van der Waals surface area contributed by atoms with Gasteiger partial charge < -0.3 is 48.8 Å². The van der Waals surface area contributed by atoms with Crippen LogP contribution >= 0.6 is 0 Å². The van der Waals surface area contributed by atoms with E-state index in [2.05, 4.69) is 11.8 Å². The lowest BCUT2D eigenvalue weighted by Gasteiger charge is -2.70. The van der Waals surface area contributed by atoms with Gasteiger partial charge in [0.1, 0.15) is 23.9 Å². The first kappa shape index (κ1) is 42.4. The van der Waals surface area contributed by atoms with Crippen LogP contribution in [0.3, 0.4) is 0 Å². The van der Waals surface area contributed by atoms with Crippen molar-refractivity contribution in [3.63, 3.8) is 0 Å². The number of ether oxygens (including phenoxy) is 6. The number of hydrogen-bond donors (Lipinski definition) is 4. The Labute approximate surface area is 335 Å². The summed E-state index contributed by atoms with van der Waals surface area (Å²) in [4.78, 5) is 41.6. The fraction of sp³-hybridized carbons (Fsp3) is 0.791. The largest absolute Gasteiger partial charge is 0.481 e. The first-order valence-electron chi connectivity index (χ1n) is 21.0. The normalized spacial score (nSPS) is 42.5.